The van der Waals surface area contributed by atoms with Gasteiger partial charge in [-0.3, -0.25) is 0 Å². The lowest BCUT2D eigenvalue weighted by Crippen LogP contribution is -2.56. The molecule has 4 aliphatic rings. The van der Waals surface area contributed by atoms with E-state index in [9.17, 15) is 4.79 Å². The van der Waals surface area contributed by atoms with Crippen molar-refractivity contribution in [2.24, 2.45) is 17.3 Å². The minimum atomic E-state index is -0.495. The van der Waals surface area contributed by atoms with Crippen molar-refractivity contribution in [3.63, 3.8) is 0 Å². The third-order valence-electron chi connectivity index (χ3n) is 4.77. The molecule has 0 radical (unpaired) electrons. The molecule has 0 amide bonds. The van der Waals surface area contributed by atoms with Gasteiger partial charge in [0.1, 0.15) is 5.60 Å². The van der Waals surface area contributed by atoms with Gasteiger partial charge < -0.3 is 9.47 Å². The van der Waals surface area contributed by atoms with Gasteiger partial charge in [0.05, 0.1) is 7.11 Å². The zero-order valence-electron chi connectivity index (χ0n) is 10.1. The predicted octanol–water partition coefficient (Wildman–Crippen LogP) is 3.13. The Kier molecular flexibility index (Phi) is 2.05. The number of carbonyl (C=O) groups excluding carboxylic acids is 1. The molecule has 0 aromatic carbocycles. The number of rotatable bonds is 1. The van der Waals surface area contributed by atoms with Crippen LogP contribution in [-0.2, 0) is 9.47 Å². The van der Waals surface area contributed by atoms with Gasteiger partial charge in [0.15, 0.2) is 0 Å². The highest BCUT2D eigenvalue weighted by Crippen LogP contribution is 2.62. The summed E-state index contributed by atoms with van der Waals surface area (Å²) < 4.78 is 10.3. The monoisotopic (exact) mass is 224 g/mol. The predicted molar refractivity (Wildman–Crippen MR) is 59.0 cm³/mol. The molecule has 4 rings (SSSR count). The Bertz CT molecular complexity index is 309. The molecule has 4 bridgehead atoms. The molecule has 90 valence electrons. The highest BCUT2D eigenvalue weighted by Gasteiger charge is 2.57. The third-order valence-corrected chi connectivity index (χ3v) is 4.77. The molecule has 0 aromatic heterocycles. The van der Waals surface area contributed by atoms with Crippen LogP contribution in [0.5, 0.6) is 0 Å². The van der Waals surface area contributed by atoms with E-state index in [2.05, 4.69) is 11.7 Å². The Morgan fingerprint density at radius 3 is 2.31 bits per heavy atom. The molecule has 16 heavy (non-hydrogen) atoms. The largest absolute Gasteiger partial charge is 0.508 e. The molecule has 3 heteroatoms. The number of methoxy groups -OCH3 is 1. The molecule has 0 aliphatic heterocycles. The van der Waals surface area contributed by atoms with Gasteiger partial charge >= 0.3 is 6.16 Å². The Hall–Kier alpha value is -0.730. The fourth-order valence-electron chi connectivity index (χ4n) is 4.97. The van der Waals surface area contributed by atoms with Crippen molar-refractivity contribution in [3.8, 4) is 0 Å². The SMILES string of the molecule is COC(=O)OC12CC3CC(CC(C)(C3)C1)C2. The lowest BCUT2D eigenvalue weighted by atomic mass is 9.48. The van der Waals surface area contributed by atoms with Crippen LogP contribution in [0.2, 0.25) is 0 Å². The highest BCUT2D eigenvalue weighted by atomic mass is 16.7. The standard InChI is InChI=1S/C13H20O3/c1-12-4-9-3-10(5-12)7-13(6-9,8-12)16-11(14)15-2/h9-10H,3-8H2,1-2H3. The normalized spacial score (nSPS) is 49.1. The average Bonchev–Trinajstić information content (AvgIpc) is 2.12. The summed E-state index contributed by atoms with van der Waals surface area (Å²) in [6, 6.07) is 0. The Labute approximate surface area is 96.5 Å². The first-order chi connectivity index (χ1) is 7.53. The van der Waals surface area contributed by atoms with Crippen molar-refractivity contribution in [1.29, 1.82) is 0 Å². The molecular weight excluding hydrogens is 204 g/mol. The van der Waals surface area contributed by atoms with Crippen molar-refractivity contribution < 1.29 is 14.3 Å². The zero-order chi connectivity index (χ0) is 11.4. The number of hydrogen-bond acceptors (Lipinski definition) is 3. The summed E-state index contributed by atoms with van der Waals surface area (Å²) in [4.78, 5) is 11.4. The van der Waals surface area contributed by atoms with Gasteiger partial charge in [-0.15, -0.1) is 0 Å². The van der Waals surface area contributed by atoms with Gasteiger partial charge in [0, 0.05) is 0 Å². The van der Waals surface area contributed by atoms with Gasteiger partial charge in [0.25, 0.3) is 0 Å². The van der Waals surface area contributed by atoms with Crippen molar-refractivity contribution in [3.05, 3.63) is 0 Å². The Morgan fingerprint density at radius 1 is 1.19 bits per heavy atom. The maximum atomic E-state index is 11.4. The van der Waals surface area contributed by atoms with Crippen LogP contribution < -0.4 is 0 Å². The van der Waals surface area contributed by atoms with Crippen LogP contribution in [0.15, 0.2) is 0 Å². The summed E-state index contributed by atoms with van der Waals surface area (Å²) in [5.41, 5.74) is 0.226. The van der Waals surface area contributed by atoms with E-state index in [1.807, 2.05) is 0 Å². The van der Waals surface area contributed by atoms with Crippen molar-refractivity contribution in [2.75, 3.05) is 7.11 Å². The van der Waals surface area contributed by atoms with Crippen LogP contribution in [0.4, 0.5) is 4.79 Å². The lowest BCUT2D eigenvalue weighted by molar-refractivity contribution is -0.167. The molecular formula is C13H20O3. The number of carbonyl (C=O) groups is 1. The Balaban J connectivity index is 1.83. The van der Waals surface area contributed by atoms with Gasteiger partial charge in [-0.2, -0.15) is 0 Å². The van der Waals surface area contributed by atoms with Crippen LogP contribution in [0, 0.1) is 17.3 Å². The highest BCUT2D eigenvalue weighted by molar-refractivity contribution is 5.60. The van der Waals surface area contributed by atoms with E-state index >= 15 is 0 Å². The first-order valence-electron chi connectivity index (χ1n) is 6.30. The minimum absolute atomic E-state index is 0.189. The topological polar surface area (TPSA) is 35.5 Å². The molecule has 0 saturated heterocycles. The quantitative estimate of drug-likeness (QED) is 0.642. The number of ether oxygens (including phenoxy) is 2. The van der Waals surface area contributed by atoms with E-state index < -0.39 is 6.16 Å². The molecule has 4 aliphatic carbocycles. The van der Waals surface area contributed by atoms with E-state index in [1.54, 1.807) is 0 Å². The second kappa shape index (κ2) is 3.14. The van der Waals surface area contributed by atoms with Crippen LogP contribution in [0.25, 0.3) is 0 Å². The summed E-state index contributed by atoms with van der Waals surface area (Å²) in [6.07, 6.45) is 6.68. The van der Waals surface area contributed by atoms with Gasteiger partial charge in [-0.25, -0.2) is 4.79 Å². The maximum absolute atomic E-state index is 11.4. The average molecular weight is 224 g/mol. The zero-order valence-corrected chi connectivity index (χ0v) is 10.1. The minimum Gasteiger partial charge on any atom is -0.438 e. The molecule has 4 saturated carbocycles. The second-order valence-corrected chi connectivity index (χ2v) is 6.51. The van der Waals surface area contributed by atoms with Crippen molar-refractivity contribution in [2.45, 2.75) is 51.0 Å². The molecule has 4 fully saturated rings. The molecule has 3 nitrogen and oxygen atoms in total. The maximum Gasteiger partial charge on any atom is 0.508 e. The molecule has 0 heterocycles. The van der Waals surface area contributed by atoms with Gasteiger partial charge in [-0.1, -0.05) is 6.92 Å². The fraction of sp³-hybridized carbons (Fsp3) is 0.923. The molecule has 2 atom stereocenters. The lowest BCUT2D eigenvalue weighted by Gasteiger charge is -2.60. The van der Waals surface area contributed by atoms with Crippen LogP contribution >= 0.6 is 0 Å². The molecule has 0 N–H and O–H groups in total. The van der Waals surface area contributed by atoms with E-state index in [4.69, 9.17) is 4.74 Å². The molecule has 0 spiro atoms. The van der Waals surface area contributed by atoms with Crippen molar-refractivity contribution >= 4 is 6.16 Å². The van der Waals surface area contributed by atoms with Gasteiger partial charge in [-0.05, 0) is 55.8 Å². The fourth-order valence-corrected chi connectivity index (χ4v) is 4.97. The Morgan fingerprint density at radius 2 is 1.81 bits per heavy atom. The summed E-state index contributed by atoms with van der Waals surface area (Å²) >= 11 is 0. The molecule has 2 unspecified atom stereocenters. The summed E-state index contributed by atoms with van der Waals surface area (Å²) in [7, 11) is 1.39. The first kappa shape index (κ1) is 10.4. The summed E-state index contributed by atoms with van der Waals surface area (Å²) in [5.74, 6) is 1.55. The van der Waals surface area contributed by atoms with Crippen molar-refractivity contribution in [1.82, 2.24) is 0 Å². The van der Waals surface area contributed by atoms with E-state index in [-0.39, 0.29) is 5.60 Å². The third kappa shape index (κ3) is 1.52. The number of hydrogen-bond donors (Lipinski definition) is 0. The van der Waals surface area contributed by atoms with Crippen LogP contribution in [-0.4, -0.2) is 18.9 Å². The summed E-state index contributed by atoms with van der Waals surface area (Å²) in [5, 5.41) is 0. The van der Waals surface area contributed by atoms with E-state index in [0.29, 0.717) is 5.41 Å². The van der Waals surface area contributed by atoms with E-state index in [0.717, 1.165) is 31.1 Å². The van der Waals surface area contributed by atoms with E-state index in [1.165, 1.54) is 26.4 Å². The van der Waals surface area contributed by atoms with Gasteiger partial charge in [0.2, 0.25) is 0 Å². The summed E-state index contributed by atoms with van der Waals surface area (Å²) in [6.45, 7) is 2.36. The second-order valence-electron chi connectivity index (χ2n) is 6.51. The first-order valence-corrected chi connectivity index (χ1v) is 6.30. The van der Waals surface area contributed by atoms with Crippen LogP contribution in [0.1, 0.15) is 45.4 Å². The van der Waals surface area contributed by atoms with Crippen LogP contribution in [0.3, 0.4) is 0 Å². The molecule has 0 aromatic rings. The smallest absolute Gasteiger partial charge is 0.438 e.